The zero-order chi connectivity index (χ0) is 45.7. The van der Waals surface area contributed by atoms with Gasteiger partial charge in [-0.3, -0.25) is 0 Å². The van der Waals surface area contributed by atoms with Crippen molar-refractivity contribution >= 4 is 65.6 Å². The summed E-state index contributed by atoms with van der Waals surface area (Å²) in [5, 5.41) is 7.14. The number of fused-ring (bicyclic) bond motifs is 19. The first-order valence-corrected chi connectivity index (χ1v) is 24.2. The molecular formula is C67H40N2O. The number of benzene rings is 11. The summed E-state index contributed by atoms with van der Waals surface area (Å²) in [5.41, 5.74) is 23.3. The van der Waals surface area contributed by atoms with Crippen molar-refractivity contribution in [1.29, 1.82) is 0 Å². The van der Waals surface area contributed by atoms with Gasteiger partial charge in [0.05, 0.1) is 27.5 Å². The molecule has 16 rings (SSSR count). The normalized spacial score (nSPS) is 13.3. The van der Waals surface area contributed by atoms with Gasteiger partial charge in [-0.1, -0.05) is 164 Å². The minimum Gasteiger partial charge on any atom is -0.455 e. The predicted molar refractivity (Wildman–Crippen MR) is 290 cm³/mol. The average molecular weight is 889 g/mol. The van der Waals surface area contributed by atoms with Gasteiger partial charge in [0.25, 0.3) is 0 Å². The van der Waals surface area contributed by atoms with Gasteiger partial charge in [-0.05, 0) is 140 Å². The lowest BCUT2D eigenvalue weighted by molar-refractivity contribution is 0.670. The van der Waals surface area contributed by atoms with E-state index in [0.29, 0.717) is 0 Å². The highest BCUT2D eigenvalue weighted by Gasteiger charge is 2.52. The van der Waals surface area contributed by atoms with E-state index in [0.717, 1.165) is 50.0 Å². The van der Waals surface area contributed by atoms with Crippen LogP contribution in [-0.4, -0.2) is 9.13 Å². The topological polar surface area (TPSA) is 23.0 Å². The fraction of sp³-hybridized carbons (Fsp3) is 0.0149. The molecule has 0 amide bonds. The summed E-state index contributed by atoms with van der Waals surface area (Å²) in [7, 11) is 0. The molecule has 0 aliphatic heterocycles. The Bertz CT molecular complexity index is 4480. The van der Waals surface area contributed by atoms with E-state index in [9.17, 15) is 0 Å². The second-order valence-corrected chi connectivity index (χ2v) is 19.1. The summed E-state index contributed by atoms with van der Waals surface area (Å²) in [6.07, 6.45) is 0. The van der Waals surface area contributed by atoms with E-state index in [2.05, 4.69) is 252 Å². The molecule has 1 spiro atoms. The third kappa shape index (κ3) is 4.88. The Kier molecular flexibility index (Phi) is 7.54. The Morgan fingerprint density at radius 2 is 0.729 bits per heavy atom. The van der Waals surface area contributed by atoms with Gasteiger partial charge >= 0.3 is 0 Å². The molecule has 11 aromatic carbocycles. The molecule has 70 heavy (non-hydrogen) atoms. The van der Waals surface area contributed by atoms with Crippen LogP contribution in [0, 0.1) is 0 Å². The summed E-state index contributed by atoms with van der Waals surface area (Å²) >= 11 is 0. The number of nitrogens with zero attached hydrogens (tertiary/aromatic N) is 2. The quantitative estimate of drug-likeness (QED) is 0.173. The van der Waals surface area contributed by atoms with Crippen LogP contribution in [0.25, 0.3) is 121 Å². The van der Waals surface area contributed by atoms with Crippen molar-refractivity contribution in [3.63, 3.8) is 0 Å². The molecule has 0 unspecified atom stereocenters. The Morgan fingerprint density at radius 1 is 0.286 bits per heavy atom. The second-order valence-electron chi connectivity index (χ2n) is 19.1. The molecule has 2 aliphatic rings. The van der Waals surface area contributed by atoms with Crippen molar-refractivity contribution in [3.8, 4) is 55.9 Å². The van der Waals surface area contributed by atoms with Crippen molar-refractivity contribution in [2.45, 2.75) is 5.41 Å². The van der Waals surface area contributed by atoms with Crippen LogP contribution in [0.15, 0.2) is 247 Å². The highest BCUT2D eigenvalue weighted by molar-refractivity contribution is 6.18. The molecular weight excluding hydrogens is 849 g/mol. The zero-order valence-corrected chi connectivity index (χ0v) is 37.9. The van der Waals surface area contributed by atoms with E-state index < -0.39 is 5.41 Å². The number of furan rings is 1. The summed E-state index contributed by atoms with van der Waals surface area (Å²) in [5.74, 6) is 0. The maximum absolute atomic E-state index is 7.11. The minimum atomic E-state index is -0.503. The number of hydrogen-bond acceptors (Lipinski definition) is 1. The molecule has 0 radical (unpaired) electrons. The highest BCUT2D eigenvalue weighted by Crippen LogP contribution is 2.65. The number of hydrogen-bond donors (Lipinski definition) is 0. The maximum Gasteiger partial charge on any atom is 0.143 e. The van der Waals surface area contributed by atoms with Gasteiger partial charge in [0.2, 0.25) is 0 Å². The fourth-order valence-corrected chi connectivity index (χ4v) is 12.9. The largest absolute Gasteiger partial charge is 0.455 e. The van der Waals surface area contributed by atoms with Crippen LogP contribution in [0.3, 0.4) is 0 Å². The summed E-state index contributed by atoms with van der Waals surface area (Å²) in [6.45, 7) is 0. The maximum atomic E-state index is 7.11. The number of aromatic nitrogens is 2. The molecule has 0 saturated carbocycles. The van der Waals surface area contributed by atoms with E-state index in [1.165, 1.54) is 93.7 Å². The Labute approximate surface area is 403 Å². The fourth-order valence-electron chi connectivity index (χ4n) is 12.9. The van der Waals surface area contributed by atoms with Gasteiger partial charge < -0.3 is 13.6 Å². The minimum absolute atomic E-state index is 0.503. The van der Waals surface area contributed by atoms with E-state index in [4.69, 9.17) is 4.42 Å². The van der Waals surface area contributed by atoms with Crippen LogP contribution in [0.2, 0.25) is 0 Å². The molecule has 2 aliphatic carbocycles. The van der Waals surface area contributed by atoms with Gasteiger partial charge in [0.1, 0.15) is 11.2 Å². The van der Waals surface area contributed by atoms with Gasteiger partial charge in [0.15, 0.2) is 0 Å². The smallest absolute Gasteiger partial charge is 0.143 e. The molecule has 3 aromatic heterocycles. The molecule has 0 bridgehead atoms. The van der Waals surface area contributed by atoms with E-state index in [1.54, 1.807) is 0 Å². The van der Waals surface area contributed by atoms with E-state index in [-0.39, 0.29) is 0 Å². The van der Waals surface area contributed by atoms with Gasteiger partial charge in [-0.2, -0.15) is 0 Å². The molecule has 0 N–H and O–H groups in total. The summed E-state index contributed by atoms with van der Waals surface area (Å²) < 4.78 is 11.9. The molecule has 3 heterocycles. The average Bonchev–Trinajstić information content (AvgIpc) is 4.22. The molecule has 324 valence electrons. The molecule has 3 heteroatoms. The second kappa shape index (κ2) is 13.9. The predicted octanol–water partition coefficient (Wildman–Crippen LogP) is 17.5. The number of rotatable bonds is 4. The van der Waals surface area contributed by atoms with Gasteiger partial charge in [0, 0.05) is 49.3 Å². The monoisotopic (exact) mass is 888 g/mol. The number of para-hydroxylation sites is 4. The Hall–Kier alpha value is -9.18. The van der Waals surface area contributed by atoms with E-state index >= 15 is 0 Å². The van der Waals surface area contributed by atoms with Crippen LogP contribution in [-0.2, 0) is 5.41 Å². The first-order valence-electron chi connectivity index (χ1n) is 24.2. The van der Waals surface area contributed by atoms with Crippen LogP contribution >= 0.6 is 0 Å². The first-order chi connectivity index (χ1) is 34.7. The lowest BCUT2D eigenvalue weighted by Crippen LogP contribution is -2.25. The Balaban J connectivity index is 0.983. The van der Waals surface area contributed by atoms with Crippen LogP contribution < -0.4 is 0 Å². The zero-order valence-electron chi connectivity index (χ0n) is 37.9. The van der Waals surface area contributed by atoms with Crippen molar-refractivity contribution in [1.82, 2.24) is 9.13 Å². The molecule has 3 nitrogen and oxygen atoms in total. The van der Waals surface area contributed by atoms with Gasteiger partial charge in [-0.25, -0.2) is 0 Å². The molecule has 0 atom stereocenters. The summed E-state index contributed by atoms with van der Waals surface area (Å²) in [6, 6.07) is 89.7. The third-order valence-electron chi connectivity index (χ3n) is 15.7. The van der Waals surface area contributed by atoms with Crippen LogP contribution in [0.1, 0.15) is 22.3 Å². The SMILES string of the molecule is c1ccc(-n2c3ccccc3c3cc(-c4ccc5c(c4)c4cc(-c6c7c(cc8c6oc6ccccc68)C6(c8ccccc8-c8ccccc86)c6ccccc6-7)ccc4n5-c4ccccc4)ccc32)cc1. The van der Waals surface area contributed by atoms with Crippen molar-refractivity contribution in [3.05, 3.63) is 265 Å². The van der Waals surface area contributed by atoms with Crippen LogP contribution in [0.5, 0.6) is 0 Å². The van der Waals surface area contributed by atoms with E-state index in [1.807, 2.05) is 0 Å². The molecule has 14 aromatic rings. The lowest BCUT2D eigenvalue weighted by Gasteiger charge is -2.30. The van der Waals surface area contributed by atoms with Crippen LogP contribution in [0.4, 0.5) is 0 Å². The molecule has 0 saturated heterocycles. The highest BCUT2D eigenvalue weighted by atomic mass is 16.3. The standard InChI is InChI=1S/C67H40N2O/c1-3-17-44(18-4-1)68-59-29-15-10-23-48(59)51-37-41(31-34-60(51)68)42-32-35-61-52(38-42)53-39-43(33-36-62(53)69(61)45-19-5-2-6-20-45)64-65-50-25-9-14-28-57(50)67(55-26-12-7-21-46(55)47-22-8-13-27-56(47)67)58(65)40-54-49-24-11-16-30-63(49)70-66(54)64/h1-40H. The third-order valence-corrected chi connectivity index (χ3v) is 15.7. The summed E-state index contributed by atoms with van der Waals surface area (Å²) in [4.78, 5) is 0. The van der Waals surface area contributed by atoms with Crippen molar-refractivity contribution < 1.29 is 4.42 Å². The lowest BCUT2D eigenvalue weighted by atomic mass is 9.70. The van der Waals surface area contributed by atoms with Gasteiger partial charge in [-0.15, -0.1) is 0 Å². The van der Waals surface area contributed by atoms with Crippen molar-refractivity contribution in [2.24, 2.45) is 0 Å². The van der Waals surface area contributed by atoms with Crippen molar-refractivity contribution in [2.75, 3.05) is 0 Å². The molecule has 0 fully saturated rings. The Morgan fingerprint density at radius 3 is 1.34 bits per heavy atom. The first kappa shape index (κ1) is 37.9.